The highest BCUT2D eigenvalue weighted by molar-refractivity contribution is 5.45. The Kier molecular flexibility index (Phi) is 7.49. The Morgan fingerprint density at radius 1 is 0.826 bits per heavy atom. The summed E-state index contributed by atoms with van der Waals surface area (Å²) < 4.78 is 3.89. The molecule has 5 N–H and O–H groups in total. The lowest BCUT2D eigenvalue weighted by atomic mass is 10.5. The van der Waals surface area contributed by atoms with Crippen LogP contribution in [-0.4, -0.2) is 18.8 Å². The van der Waals surface area contributed by atoms with Gasteiger partial charge in [-0.05, 0) is 31.2 Å². The van der Waals surface area contributed by atoms with Gasteiger partial charge < -0.3 is 20.7 Å². The van der Waals surface area contributed by atoms with Gasteiger partial charge in [-0.25, -0.2) is 9.97 Å². The Morgan fingerprint density at radius 2 is 1.35 bits per heavy atom. The molecule has 0 saturated carbocycles. The molecule has 0 spiro atoms. The van der Waals surface area contributed by atoms with Gasteiger partial charge in [0.2, 0.25) is 0 Å². The molecule has 0 bridgehead atoms. The van der Waals surface area contributed by atoms with Crippen molar-refractivity contribution in [2.75, 3.05) is 5.73 Å². The molecule has 6 heteroatoms. The molecule has 0 fully saturated rings. The molecule has 124 valence electrons. The molecule has 23 heavy (non-hydrogen) atoms. The largest absolute Gasteiger partial charge is 0.382 e. The highest BCUT2D eigenvalue weighted by atomic mass is 15.0. The number of anilines is 1. The highest BCUT2D eigenvalue weighted by Crippen LogP contribution is 2.04. The zero-order valence-corrected chi connectivity index (χ0v) is 11.8. The van der Waals surface area contributed by atoms with Crippen molar-refractivity contribution in [3.63, 3.8) is 0 Å². The number of aromatic nitrogens is 4. The third-order valence-electron chi connectivity index (χ3n) is 2.87. The molecule has 0 aliphatic rings. The van der Waals surface area contributed by atoms with Crippen molar-refractivity contribution in [2.24, 2.45) is 0 Å². The number of aryl methyl sites for hydroxylation is 1. The van der Waals surface area contributed by atoms with Gasteiger partial charge in [-0.1, -0.05) is 27.0 Å². The Hall–Kier alpha value is -2.86. The van der Waals surface area contributed by atoms with Crippen LogP contribution >= 0.6 is 0 Å². The predicted molar refractivity (Wildman–Crippen MR) is 98.0 cm³/mol. The summed E-state index contributed by atoms with van der Waals surface area (Å²) in [5.41, 5.74) is 8.42. The Balaban J connectivity index is 0.000000372. The van der Waals surface area contributed by atoms with E-state index in [9.17, 15) is 0 Å². The molecule has 0 atom stereocenters. The molecule has 0 aliphatic heterocycles. The number of nitrogen functional groups attached to an aromatic ring is 1. The van der Waals surface area contributed by atoms with Gasteiger partial charge in [0.05, 0.1) is 11.9 Å². The molecular weight excluding hydrogens is 288 g/mol. The average Bonchev–Trinajstić information content (AvgIpc) is 2.99. The van der Waals surface area contributed by atoms with Crippen LogP contribution < -0.4 is 11.9 Å². The van der Waals surface area contributed by atoms with Crippen LogP contribution in [0.1, 0.15) is 20.5 Å². The van der Waals surface area contributed by atoms with E-state index in [1.54, 1.807) is 6.20 Å². The van der Waals surface area contributed by atoms with Crippen LogP contribution in [0.4, 0.5) is 5.82 Å². The minimum atomic E-state index is 0. The van der Waals surface area contributed by atoms with Crippen molar-refractivity contribution in [2.45, 2.75) is 21.8 Å². The number of nitrogens with zero attached hydrogens (tertiary/aromatic N) is 4. The molecule has 4 heterocycles. The Labute approximate surface area is 137 Å². The highest BCUT2D eigenvalue weighted by Gasteiger charge is 1.93. The van der Waals surface area contributed by atoms with Crippen LogP contribution in [0.3, 0.4) is 0 Å². The van der Waals surface area contributed by atoms with Gasteiger partial charge in [0.1, 0.15) is 17.1 Å². The summed E-state index contributed by atoms with van der Waals surface area (Å²) in [5, 5.41) is 0. The lowest BCUT2D eigenvalue weighted by Crippen LogP contribution is -1.80. The van der Waals surface area contributed by atoms with E-state index in [1.807, 2.05) is 70.7 Å². The lowest BCUT2D eigenvalue weighted by molar-refractivity contribution is 1.18. The predicted octanol–water partition coefficient (Wildman–Crippen LogP) is 3.99. The smallest absolute Gasteiger partial charge is 0.142 e. The van der Waals surface area contributed by atoms with E-state index in [4.69, 9.17) is 5.73 Å². The fourth-order valence-electron chi connectivity index (χ4n) is 2.02. The summed E-state index contributed by atoms with van der Waals surface area (Å²) in [7, 11) is 0. The summed E-state index contributed by atoms with van der Waals surface area (Å²) >= 11 is 0. The maximum absolute atomic E-state index is 5.46. The summed E-state index contributed by atoms with van der Waals surface area (Å²) in [6.07, 6.45) is 7.71. The average molecular weight is 314 g/mol. The topological polar surface area (TPSA) is 95.6 Å². The first-order chi connectivity index (χ1) is 9.72. The molecule has 4 rings (SSSR count). The number of fused-ring (bicyclic) bond motifs is 2. The standard InChI is InChI=1S/C8H8N2.C7H7N3.2CH4.H3N/c1-7-6-10-5-3-2-4-8(10)9-7;8-6-5-10-4-2-1-3-7(10)9-6;;;/h2-6H,1H3;1-5H,8H2;2*1H4;1H3. The zero-order chi connectivity index (χ0) is 13.9. The third-order valence-corrected chi connectivity index (χ3v) is 2.87. The Bertz CT molecular complexity index is 708. The van der Waals surface area contributed by atoms with Crippen LogP contribution in [0, 0.1) is 6.92 Å². The fraction of sp³-hybridized carbons (Fsp3) is 0.176. The molecule has 4 aromatic heterocycles. The lowest BCUT2D eigenvalue weighted by Gasteiger charge is -1.86. The van der Waals surface area contributed by atoms with Gasteiger partial charge in [0, 0.05) is 18.6 Å². The van der Waals surface area contributed by atoms with E-state index in [0.717, 1.165) is 17.0 Å². The van der Waals surface area contributed by atoms with Gasteiger partial charge in [-0.15, -0.1) is 0 Å². The maximum atomic E-state index is 5.46. The number of rotatable bonds is 0. The van der Waals surface area contributed by atoms with Crippen molar-refractivity contribution in [3.8, 4) is 0 Å². The summed E-state index contributed by atoms with van der Waals surface area (Å²) in [6, 6.07) is 11.8. The van der Waals surface area contributed by atoms with Gasteiger partial charge in [-0.2, -0.15) is 0 Å². The first-order valence-electron chi connectivity index (χ1n) is 6.32. The SMILES string of the molecule is C.C.Cc1cn2ccccc2n1.N.Nc1cn2ccccc2n1. The van der Waals surface area contributed by atoms with E-state index in [1.165, 1.54) is 0 Å². The summed E-state index contributed by atoms with van der Waals surface area (Å²) in [4.78, 5) is 8.33. The van der Waals surface area contributed by atoms with E-state index in [0.29, 0.717) is 5.82 Å². The zero-order valence-electron chi connectivity index (χ0n) is 11.8. The van der Waals surface area contributed by atoms with Crippen LogP contribution in [0.15, 0.2) is 61.2 Å². The number of hydrogen-bond donors (Lipinski definition) is 2. The van der Waals surface area contributed by atoms with Crippen molar-refractivity contribution >= 4 is 17.1 Å². The van der Waals surface area contributed by atoms with Gasteiger partial charge in [0.15, 0.2) is 0 Å². The minimum absolute atomic E-state index is 0. The number of imidazole rings is 2. The van der Waals surface area contributed by atoms with Gasteiger partial charge in [0.25, 0.3) is 0 Å². The van der Waals surface area contributed by atoms with Gasteiger partial charge in [-0.3, -0.25) is 0 Å². The number of nitrogens with two attached hydrogens (primary N) is 1. The minimum Gasteiger partial charge on any atom is -0.382 e. The van der Waals surface area contributed by atoms with Crippen LogP contribution in [0.25, 0.3) is 11.3 Å². The first-order valence-corrected chi connectivity index (χ1v) is 6.32. The monoisotopic (exact) mass is 314 g/mol. The third kappa shape index (κ3) is 4.55. The second-order valence-electron chi connectivity index (χ2n) is 4.48. The molecular formula is C17H26N6. The molecule has 0 amide bonds. The summed E-state index contributed by atoms with van der Waals surface area (Å²) in [6.45, 7) is 1.99. The first kappa shape index (κ1) is 20.1. The molecule has 0 radical (unpaired) electrons. The molecule has 0 aromatic carbocycles. The normalized spacial score (nSPS) is 9.09. The molecule has 4 aromatic rings. The van der Waals surface area contributed by atoms with E-state index < -0.39 is 0 Å². The quantitative estimate of drug-likeness (QED) is 0.513. The van der Waals surface area contributed by atoms with Crippen LogP contribution in [-0.2, 0) is 0 Å². The molecule has 6 nitrogen and oxygen atoms in total. The van der Waals surface area contributed by atoms with Gasteiger partial charge >= 0.3 is 0 Å². The van der Waals surface area contributed by atoms with Crippen molar-refractivity contribution < 1.29 is 0 Å². The maximum Gasteiger partial charge on any atom is 0.142 e. The second-order valence-corrected chi connectivity index (χ2v) is 4.48. The number of pyridine rings is 2. The molecule has 0 saturated heterocycles. The Morgan fingerprint density at radius 3 is 1.87 bits per heavy atom. The van der Waals surface area contributed by atoms with E-state index in [2.05, 4.69) is 9.97 Å². The van der Waals surface area contributed by atoms with Crippen molar-refractivity contribution in [1.82, 2.24) is 24.9 Å². The van der Waals surface area contributed by atoms with Crippen LogP contribution in [0.5, 0.6) is 0 Å². The van der Waals surface area contributed by atoms with Crippen molar-refractivity contribution in [3.05, 3.63) is 66.9 Å². The molecule has 0 unspecified atom stereocenters. The van der Waals surface area contributed by atoms with Crippen LogP contribution in [0.2, 0.25) is 0 Å². The molecule has 0 aliphatic carbocycles. The van der Waals surface area contributed by atoms with E-state index in [-0.39, 0.29) is 21.0 Å². The summed E-state index contributed by atoms with van der Waals surface area (Å²) in [5.74, 6) is 0.561. The fourth-order valence-corrected chi connectivity index (χ4v) is 2.02. The van der Waals surface area contributed by atoms with Crippen molar-refractivity contribution in [1.29, 1.82) is 0 Å². The second kappa shape index (κ2) is 8.55. The number of hydrogen-bond acceptors (Lipinski definition) is 4. The van der Waals surface area contributed by atoms with E-state index >= 15 is 0 Å².